The Labute approximate surface area is 129 Å². The number of benzene rings is 1. The molecule has 2 heterocycles. The second kappa shape index (κ2) is 5.07. The predicted octanol–water partition coefficient (Wildman–Crippen LogP) is 4.40. The van der Waals surface area contributed by atoms with Gasteiger partial charge in [-0.25, -0.2) is 0 Å². The van der Waals surface area contributed by atoms with E-state index in [0.29, 0.717) is 10.7 Å². The minimum Gasteiger partial charge on any atom is -0.304 e. The van der Waals surface area contributed by atoms with E-state index >= 15 is 0 Å². The lowest BCUT2D eigenvalue weighted by Crippen LogP contribution is -2.10. The summed E-state index contributed by atoms with van der Waals surface area (Å²) in [5.41, 5.74) is 0.895. The van der Waals surface area contributed by atoms with Crippen LogP contribution in [0.25, 0.3) is 10.9 Å². The van der Waals surface area contributed by atoms with E-state index in [2.05, 4.69) is 47.4 Å². The van der Waals surface area contributed by atoms with Gasteiger partial charge in [0.2, 0.25) is 0 Å². The Hall–Kier alpha value is -1.18. The fourth-order valence-corrected chi connectivity index (χ4v) is 3.62. The SMILES string of the molecule is O=C(Nc1n[nH]c2ccccc12)c1cc(Br)c(Br)s1. The van der Waals surface area contributed by atoms with Gasteiger partial charge in [0.05, 0.1) is 14.2 Å². The number of hydrogen-bond acceptors (Lipinski definition) is 3. The molecule has 1 amide bonds. The van der Waals surface area contributed by atoms with Crippen molar-refractivity contribution in [2.24, 2.45) is 0 Å². The molecule has 2 aromatic heterocycles. The van der Waals surface area contributed by atoms with Gasteiger partial charge in [-0.15, -0.1) is 11.3 Å². The number of halogens is 2. The van der Waals surface area contributed by atoms with E-state index in [4.69, 9.17) is 0 Å². The van der Waals surface area contributed by atoms with E-state index in [1.54, 1.807) is 6.07 Å². The van der Waals surface area contributed by atoms with E-state index in [-0.39, 0.29) is 5.91 Å². The number of anilines is 1. The molecule has 3 aromatic rings. The molecule has 0 aliphatic carbocycles. The molecule has 4 nitrogen and oxygen atoms in total. The summed E-state index contributed by atoms with van der Waals surface area (Å²) >= 11 is 8.11. The van der Waals surface area contributed by atoms with Crippen LogP contribution in [-0.2, 0) is 0 Å². The van der Waals surface area contributed by atoms with Crippen molar-refractivity contribution in [1.29, 1.82) is 0 Å². The number of hydrogen-bond donors (Lipinski definition) is 2. The standard InChI is InChI=1S/C12H7Br2N3OS/c13-7-5-9(19-10(7)14)12(18)15-11-6-3-1-2-4-8(6)16-17-11/h1-5H,(H2,15,16,17,18). The number of thiophene rings is 1. The van der Waals surface area contributed by atoms with Gasteiger partial charge in [0.25, 0.3) is 5.91 Å². The minimum atomic E-state index is -0.173. The maximum atomic E-state index is 12.1. The lowest BCUT2D eigenvalue weighted by atomic mass is 10.2. The summed E-state index contributed by atoms with van der Waals surface area (Å²) in [6.45, 7) is 0. The normalized spacial score (nSPS) is 10.8. The van der Waals surface area contributed by atoms with Crippen molar-refractivity contribution in [2.75, 3.05) is 5.32 Å². The zero-order chi connectivity index (χ0) is 13.4. The van der Waals surface area contributed by atoms with E-state index in [0.717, 1.165) is 19.2 Å². The Morgan fingerprint density at radius 1 is 1.32 bits per heavy atom. The zero-order valence-electron chi connectivity index (χ0n) is 9.41. The summed E-state index contributed by atoms with van der Waals surface area (Å²) in [6.07, 6.45) is 0. The summed E-state index contributed by atoms with van der Waals surface area (Å²) in [6, 6.07) is 9.43. The number of rotatable bonds is 2. The minimum absolute atomic E-state index is 0.173. The lowest BCUT2D eigenvalue weighted by Gasteiger charge is -1.99. The van der Waals surface area contributed by atoms with Gasteiger partial charge in [0, 0.05) is 9.86 Å². The molecule has 96 valence electrons. The van der Waals surface area contributed by atoms with Crippen LogP contribution in [0.3, 0.4) is 0 Å². The van der Waals surface area contributed by atoms with Gasteiger partial charge < -0.3 is 5.32 Å². The third-order valence-corrected chi connectivity index (χ3v) is 5.83. The Kier molecular flexibility index (Phi) is 3.42. The van der Waals surface area contributed by atoms with E-state index in [1.165, 1.54) is 11.3 Å². The number of aromatic nitrogens is 2. The average molecular weight is 401 g/mol. The van der Waals surface area contributed by atoms with Crippen LogP contribution in [0.1, 0.15) is 9.67 Å². The molecule has 0 aliphatic rings. The maximum Gasteiger partial charge on any atom is 0.267 e. The molecular formula is C12H7Br2N3OS. The molecule has 1 aromatic carbocycles. The molecule has 0 saturated heterocycles. The summed E-state index contributed by atoms with van der Waals surface area (Å²) in [4.78, 5) is 12.7. The van der Waals surface area contributed by atoms with Crippen LogP contribution in [0, 0.1) is 0 Å². The van der Waals surface area contributed by atoms with Gasteiger partial charge in [-0.1, -0.05) is 12.1 Å². The van der Waals surface area contributed by atoms with Crippen LogP contribution < -0.4 is 5.32 Å². The van der Waals surface area contributed by atoms with Gasteiger partial charge in [-0.05, 0) is 50.1 Å². The Bertz CT molecular complexity index is 746. The Morgan fingerprint density at radius 3 is 2.84 bits per heavy atom. The predicted molar refractivity (Wildman–Crippen MR) is 83.8 cm³/mol. The first-order valence-corrected chi connectivity index (χ1v) is 7.74. The number of aromatic amines is 1. The molecule has 0 aliphatic heterocycles. The third-order valence-electron chi connectivity index (χ3n) is 2.57. The highest BCUT2D eigenvalue weighted by Crippen LogP contribution is 2.33. The third kappa shape index (κ3) is 2.45. The first-order chi connectivity index (χ1) is 9.15. The molecule has 2 N–H and O–H groups in total. The molecular weight excluding hydrogens is 394 g/mol. The molecule has 0 bridgehead atoms. The first kappa shape index (κ1) is 12.8. The van der Waals surface area contributed by atoms with Crippen molar-refractivity contribution in [1.82, 2.24) is 10.2 Å². The summed E-state index contributed by atoms with van der Waals surface area (Å²) in [7, 11) is 0. The molecule has 0 radical (unpaired) electrons. The van der Waals surface area contributed by atoms with Crippen molar-refractivity contribution in [3.05, 3.63) is 43.5 Å². The van der Waals surface area contributed by atoms with Crippen molar-refractivity contribution in [2.45, 2.75) is 0 Å². The van der Waals surface area contributed by atoms with Crippen LogP contribution in [0.5, 0.6) is 0 Å². The molecule has 0 atom stereocenters. The fraction of sp³-hybridized carbons (Fsp3) is 0. The molecule has 0 fully saturated rings. The van der Waals surface area contributed by atoms with Crippen molar-refractivity contribution >= 4 is 65.8 Å². The van der Waals surface area contributed by atoms with Crippen LogP contribution in [0.15, 0.2) is 38.6 Å². The largest absolute Gasteiger partial charge is 0.304 e. The molecule has 3 rings (SSSR count). The number of para-hydroxylation sites is 1. The monoisotopic (exact) mass is 399 g/mol. The summed E-state index contributed by atoms with van der Waals surface area (Å²) < 4.78 is 1.76. The number of nitrogens with zero attached hydrogens (tertiary/aromatic N) is 1. The van der Waals surface area contributed by atoms with Crippen molar-refractivity contribution in [3.63, 3.8) is 0 Å². The van der Waals surface area contributed by atoms with E-state index in [1.807, 2.05) is 24.3 Å². The number of nitrogens with one attached hydrogen (secondary N) is 2. The second-order valence-electron chi connectivity index (χ2n) is 3.80. The molecule has 0 unspecified atom stereocenters. The topological polar surface area (TPSA) is 57.8 Å². The number of carbonyl (C=O) groups excluding carboxylic acids is 1. The average Bonchev–Trinajstić information content (AvgIpc) is 2.95. The zero-order valence-corrected chi connectivity index (χ0v) is 13.4. The number of H-pyrrole nitrogens is 1. The maximum absolute atomic E-state index is 12.1. The smallest absolute Gasteiger partial charge is 0.267 e. The quantitative estimate of drug-likeness (QED) is 0.669. The summed E-state index contributed by atoms with van der Waals surface area (Å²) in [5.74, 6) is 0.370. The van der Waals surface area contributed by atoms with Crippen LogP contribution in [0.4, 0.5) is 5.82 Å². The van der Waals surface area contributed by atoms with E-state index < -0.39 is 0 Å². The van der Waals surface area contributed by atoms with Crippen LogP contribution >= 0.6 is 43.2 Å². The Balaban J connectivity index is 1.90. The molecule has 0 saturated carbocycles. The van der Waals surface area contributed by atoms with Gasteiger partial charge >= 0.3 is 0 Å². The Morgan fingerprint density at radius 2 is 2.11 bits per heavy atom. The summed E-state index contributed by atoms with van der Waals surface area (Å²) in [5, 5.41) is 10.7. The van der Waals surface area contributed by atoms with Crippen molar-refractivity contribution in [3.8, 4) is 0 Å². The van der Waals surface area contributed by atoms with Gasteiger partial charge in [0.15, 0.2) is 5.82 Å². The van der Waals surface area contributed by atoms with E-state index in [9.17, 15) is 4.79 Å². The molecule has 7 heteroatoms. The van der Waals surface area contributed by atoms with Gasteiger partial charge in [0.1, 0.15) is 0 Å². The lowest BCUT2D eigenvalue weighted by molar-refractivity contribution is 0.103. The number of amides is 1. The van der Waals surface area contributed by atoms with Gasteiger partial charge in [-0.3, -0.25) is 9.89 Å². The van der Waals surface area contributed by atoms with Crippen molar-refractivity contribution < 1.29 is 4.79 Å². The molecule has 19 heavy (non-hydrogen) atoms. The van der Waals surface area contributed by atoms with Gasteiger partial charge in [-0.2, -0.15) is 5.10 Å². The molecule has 0 spiro atoms. The second-order valence-corrected chi connectivity index (χ2v) is 7.03. The highest BCUT2D eigenvalue weighted by atomic mass is 79.9. The van der Waals surface area contributed by atoms with Crippen LogP contribution in [-0.4, -0.2) is 16.1 Å². The highest BCUT2D eigenvalue weighted by Gasteiger charge is 2.14. The van der Waals surface area contributed by atoms with Crippen LogP contribution in [0.2, 0.25) is 0 Å². The highest BCUT2D eigenvalue weighted by molar-refractivity contribution is 9.13. The number of carbonyl (C=O) groups is 1. The number of fused-ring (bicyclic) bond motifs is 1. The fourth-order valence-electron chi connectivity index (χ4n) is 1.69. The first-order valence-electron chi connectivity index (χ1n) is 5.34.